The summed E-state index contributed by atoms with van der Waals surface area (Å²) < 4.78 is 25.5. The molecule has 1 aliphatic rings. The molecule has 2 N–H and O–H groups in total. The summed E-state index contributed by atoms with van der Waals surface area (Å²) >= 11 is 0. The standard InChI is InChI=1S/C12H18N2O2S/c1-13-17(15,16)12-4-2-10(3-5-12)11-6-8-14-9-7-11/h2-5,11,13-14H,6-9H2,1H3. The van der Waals surface area contributed by atoms with Gasteiger partial charge in [0.15, 0.2) is 0 Å². The van der Waals surface area contributed by atoms with Gasteiger partial charge in [0.05, 0.1) is 4.90 Å². The van der Waals surface area contributed by atoms with Crippen molar-refractivity contribution < 1.29 is 8.42 Å². The highest BCUT2D eigenvalue weighted by atomic mass is 32.2. The first kappa shape index (κ1) is 12.5. The Morgan fingerprint density at radius 2 is 1.76 bits per heavy atom. The maximum atomic E-state index is 11.6. The molecule has 2 rings (SSSR count). The Labute approximate surface area is 102 Å². The van der Waals surface area contributed by atoms with Gasteiger partial charge in [0.2, 0.25) is 10.0 Å². The zero-order valence-corrected chi connectivity index (χ0v) is 10.8. The molecule has 1 saturated heterocycles. The molecule has 1 aliphatic heterocycles. The second kappa shape index (κ2) is 5.16. The van der Waals surface area contributed by atoms with Gasteiger partial charge in [0.1, 0.15) is 0 Å². The lowest BCUT2D eigenvalue weighted by Gasteiger charge is -2.23. The van der Waals surface area contributed by atoms with Crippen molar-refractivity contribution >= 4 is 10.0 Å². The number of piperidine rings is 1. The molecule has 4 nitrogen and oxygen atoms in total. The van der Waals surface area contributed by atoms with E-state index in [-0.39, 0.29) is 0 Å². The third kappa shape index (κ3) is 2.86. The van der Waals surface area contributed by atoms with E-state index in [1.165, 1.54) is 12.6 Å². The van der Waals surface area contributed by atoms with Crippen molar-refractivity contribution in [3.63, 3.8) is 0 Å². The van der Waals surface area contributed by atoms with Gasteiger partial charge in [0.25, 0.3) is 0 Å². The lowest BCUT2D eigenvalue weighted by Crippen LogP contribution is -2.26. The van der Waals surface area contributed by atoms with E-state index in [0.717, 1.165) is 25.9 Å². The van der Waals surface area contributed by atoms with Gasteiger partial charge in [-0.25, -0.2) is 13.1 Å². The largest absolute Gasteiger partial charge is 0.317 e. The minimum absolute atomic E-state index is 0.331. The molecule has 0 aromatic heterocycles. The average molecular weight is 254 g/mol. The highest BCUT2D eigenvalue weighted by molar-refractivity contribution is 7.89. The first-order valence-corrected chi connectivity index (χ1v) is 7.36. The van der Waals surface area contributed by atoms with Gasteiger partial charge in [-0.2, -0.15) is 0 Å². The van der Waals surface area contributed by atoms with Gasteiger partial charge in [-0.1, -0.05) is 12.1 Å². The number of rotatable bonds is 3. The summed E-state index contributed by atoms with van der Waals surface area (Å²) in [4.78, 5) is 0.331. The highest BCUT2D eigenvalue weighted by Crippen LogP contribution is 2.25. The van der Waals surface area contributed by atoms with E-state index in [2.05, 4.69) is 10.0 Å². The second-order valence-electron chi connectivity index (χ2n) is 4.30. The Morgan fingerprint density at radius 3 is 2.29 bits per heavy atom. The van der Waals surface area contributed by atoms with Crippen molar-refractivity contribution in [1.82, 2.24) is 10.0 Å². The third-order valence-electron chi connectivity index (χ3n) is 3.27. The summed E-state index contributed by atoms with van der Waals surface area (Å²) in [6.45, 7) is 2.09. The monoisotopic (exact) mass is 254 g/mol. The second-order valence-corrected chi connectivity index (χ2v) is 6.19. The van der Waals surface area contributed by atoms with Gasteiger partial charge in [-0.3, -0.25) is 0 Å². The van der Waals surface area contributed by atoms with Gasteiger partial charge >= 0.3 is 0 Å². The Balaban J connectivity index is 2.18. The highest BCUT2D eigenvalue weighted by Gasteiger charge is 2.16. The van der Waals surface area contributed by atoms with E-state index in [9.17, 15) is 8.42 Å². The molecule has 0 saturated carbocycles. The summed E-state index contributed by atoms with van der Waals surface area (Å²) in [5.41, 5.74) is 1.24. The molecular formula is C12H18N2O2S. The minimum Gasteiger partial charge on any atom is -0.317 e. The Kier molecular flexibility index (Phi) is 3.81. The summed E-state index contributed by atoms with van der Waals surface area (Å²) in [7, 11) is -1.88. The first-order valence-electron chi connectivity index (χ1n) is 5.88. The molecule has 0 amide bonds. The van der Waals surface area contributed by atoms with Crippen molar-refractivity contribution in [2.45, 2.75) is 23.7 Å². The zero-order chi connectivity index (χ0) is 12.3. The summed E-state index contributed by atoms with van der Waals surface area (Å²) in [5, 5.41) is 3.32. The summed E-state index contributed by atoms with van der Waals surface area (Å²) in [6.07, 6.45) is 2.25. The number of hydrogen-bond donors (Lipinski definition) is 2. The van der Waals surface area contributed by atoms with Crippen LogP contribution in [-0.4, -0.2) is 28.6 Å². The maximum absolute atomic E-state index is 11.6. The Morgan fingerprint density at radius 1 is 1.18 bits per heavy atom. The molecule has 0 aliphatic carbocycles. The Bertz CT molecular complexity index is 462. The SMILES string of the molecule is CNS(=O)(=O)c1ccc(C2CCNCC2)cc1. The maximum Gasteiger partial charge on any atom is 0.240 e. The predicted molar refractivity (Wildman–Crippen MR) is 67.5 cm³/mol. The van der Waals surface area contributed by atoms with Crippen LogP contribution in [0.25, 0.3) is 0 Å². The van der Waals surface area contributed by atoms with Gasteiger partial charge < -0.3 is 5.32 Å². The molecule has 1 fully saturated rings. The van der Waals surface area contributed by atoms with E-state index >= 15 is 0 Å². The fraction of sp³-hybridized carbons (Fsp3) is 0.500. The van der Waals surface area contributed by atoms with Gasteiger partial charge in [0, 0.05) is 0 Å². The predicted octanol–water partition coefficient (Wildman–Crippen LogP) is 1.06. The summed E-state index contributed by atoms with van der Waals surface area (Å²) in [5.74, 6) is 0.558. The number of nitrogens with one attached hydrogen (secondary N) is 2. The number of benzene rings is 1. The van der Waals surface area contributed by atoms with E-state index in [0.29, 0.717) is 10.8 Å². The van der Waals surface area contributed by atoms with E-state index < -0.39 is 10.0 Å². The van der Waals surface area contributed by atoms with Crippen LogP contribution in [0.1, 0.15) is 24.3 Å². The van der Waals surface area contributed by atoms with Crippen LogP contribution in [-0.2, 0) is 10.0 Å². The molecule has 0 atom stereocenters. The Hall–Kier alpha value is -0.910. The molecule has 94 valence electrons. The molecule has 1 aromatic rings. The quantitative estimate of drug-likeness (QED) is 0.848. The van der Waals surface area contributed by atoms with Gasteiger partial charge in [-0.15, -0.1) is 0 Å². The minimum atomic E-state index is -3.31. The van der Waals surface area contributed by atoms with Crippen molar-refractivity contribution in [2.75, 3.05) is 20.1 Å². The van der Waals surface area contributed by atoms with Crippen LogP contribution in [0.4, 0.5) is 0 Å². The topological polar surface area (TPSA) is 58.2 Å². The van der Waals surface area contributed by atoms with Crippen LogP contribution in [0.3, 0.4) is 0 Å². The molecular weight excluding hydrogens is 236 g/mol. The molecule has 0 unspecified atom stereocenters. The van der Waals surface area contributed by atoms with Crippen LogP contribution < -0.4 is 10.0 Å². The molecule has 0 bridgehead atoms. The molecule has 17 heavy (non-hydrogen) atoms. The molecule has 1 aromatic carbocycles. The van der Waals surface area contributed by atoms with E-state index in [4.69, 9.17) is 0 Å². The van der Waals surface area contributed by atoms with Crippen LogP contribution >= 0.6 is 0 Å². The molecule has 1 heterocycles. The molecule has 5 heteroatoms. The average Bonchev–Trinajstić information content (AvgIpc) is 2.40. The first-order chi connectivity index (χ1) is 8.13. The van der Waals surface area contributed by atoms with E-state index in [1.54, 1.807) is 12.1 Å². The third-order valence-corrected chi connectivity index (χ3v) is 4.70. The fourth-order valence-corrected chi connectivity index (χ4v) is 2.92. The lowest BCUT2D eigenvalue weighted by molar-refractivity contribution is 0.460. The molecule has 0 spiro atoms. The van der Waals surface area contributed by atoms with Crippen molar-refractivity contribution in [3.05, 3.63) is 29.8 Å². The van der Waals surface area contributed by atoms with Crippen molar-refractivity contribution in [2.24, 2.45) is 0 Å². The van der Waals surface area contributed by atoms with E-state index in [1.807, 2.05) is 12.1 Å². The smallest absolute Gasteiger partial charge is 0.240 e. The lowest BCUT2D eigenvalue weighted by atomic mass is 9.90. The summed E-state index contributed by atoms with van der Waals surface area (Å²) in [6, 6.07) is 7.23. The van der Waals surface area contributed by atoms with Crippen molar-refractivity contribution in [1.29, 1.82) is 0 Å². The fourth-order valence-electron chi connectivity index (χ4n) is 2.19. The van der Waals surface area contributed by atoms with Crippen molar-refractivity contribution in [3.8, 4) is 0 Å². The van der Waals surface area contributed by atoms with Crippen LogP contribution in [0, 0.1) is 0 Å². The number of hydrogen-bond acceptors (Lipinski definition) is 3. The van der Waals surface area contributed by atoms with Crippen LogP contribution in [0.2, 0.25) is 0 Å². The van der Waals surface area contributed by atoms with Gasteiger partial charge in [-0.05, 0) is 56.6 Å². The normalized spacial score (nSPS) is 18.2. The zero-order valence-electron chi connectivity index (χ0n) is 9.94. The van der Waals surface area contributed by atoms with Crippen LogP contribution in [0.15, 0.2) is 29.2 Å². The molecule has 0 radical (unpaired) electrons. The number of sulfonamides is 1. The van der Waals surface area contributed by atoms with Crippen LogP contribution in [0.5, 0.6) is 0 Å².